The maximum Gasteiger partial charge on any atom is 0.258 e. The normalized spacial score (nSPS) is 10.0. The highest BCUT2D eigenvalue weighted by Crippen LogP contribution is 2.09. The van der Waals surface area contributed by atoms with Gasteiger partial charge in [0, 0.05) is 18.5 Å². The maximum atomic E-state index is 11.7. The molecule has 0 aliphatic heterocycles. The second kappa shape index (κ2) is 4.81. The molecule has 86 valence electrons. The summed E-state index contributed by atoms with van der Waals surface area (Å²) in [4.78, 5) is 18.6. The van der Waals surface area contributed by atoms with E-state index in [-0.39, 0.29) is 5.56 Å². The van der Waals surface area contributed by atoms with E-state index in [4.69, 9.17) is 5.73 Å². The van der Waals surface area contributed by atoms with Gasteiger partial charge in [-0.3, -0.25) is 4.79 Å². The minimum Gasteiger partial charge on any atom is -0.330 e. The van der Waals surface area contributed by atoms with Crippen LogP contribution < -0.4 is 11.3 Å². The average molecular weight is 227 g/mol. The summed E-state index contributed by atoms with van der Waals surface area (Å²) in [5.41, 5.74) is 6.72. The van der Waals surface area contributed by atoms with Crippen molar-refractivity contribution in [1.29, 1.82) is 0 Å². The summed E-state index contributed by atoms with van der Waals surface area (Å²) in [5.74, 6) is 6.52. The lowest BCUT2D eigenvalue weighted by Gasteiger charge is -1.98. The summed E-state index contributed by atoms with van der Waals surface area (Å²) in [7, 11) is 0. The lowest BCUT2D eigenvalue weighted by molar-refractivity contribution is 1.03. The van der Waals surface area contributed by atoms with E-state index in [1.807, 2.05) is 12.1 Å². The number of aromatic amines is 1. The summed E-state index contributed by atoms with van der Waals surface area (Å²) in [5, 5.41) is 0.565. The van der Waals surface area contributed by atoms with Gasteiger partial charge in [0.1, 0.15) is 5.82 Å². The SMILES string of the molecule is Cc1nc2ccc(C#CCCN)cc2c(=O)[nH]1. The van der Waals surface area contributed by atoms with E-state index in [1.54, 1.807) is 13.0 Å². The standard InChI is InChI=1S/C13H13N3O/c1-9-15-12-6-5-10(4-2-3-7-14)8-11(12)13(17)16-9/h5-6,8H,3,7,14H2,1H3,(H,15,16,17). The number of nitrogens with two attached hydrogens (primary N) is 1. The first kappa shape index (κ1) is 11.4. The molecule has 0 amide bonds. The van der Waals surface area contributed by atoms with Gasteiger partial charge in [0.15, 0.2) is 0 Å². The molecular formula is C13H13N3O. The molecular weight excluding hydrogens is 214 g/mol. The molecule has 2 aromatic rings. The Morgan fingerprint density at radius 1 is 1.47 bits per heavy atom. The third-order valence-electron chi connectivity index (χ3n) is 2.33. The Hall–Kier alpha value is -2.12. The van der Waals surface area contributed by atoms with Crippen LogP contribution in [0.15, 0.2) is 23.0 Å². The summed E-state index contributed by atoms with van der Waals surface area (Å²) in [6.45, 7) is 2.30. The zero-order valence-electron chi connectivity index (χ0n) is 9.58. The van der Waals surface area contributed by atoms with Gasteiger partial charge in [0.05, 0.1) is 10.9 Å². The van der Waals surface area contributed by atoms with Gasteiger partial charge in [-0.2, -0.15) is 0 Å². The lowest BCUT2D eigenvalue weighted by Crippen LogP contribution is -2.09. The van der Waals surface area contributed by atoms with E-state index in [1.165, 1.54) is 0 Å². The third kappa shape index (κ3) is 2.52. The van der Waals surface area contributed by atoms with Gasteiger partial charge < -0.3 is 10.7 Å². The molecule has 4 heteroatoms. The first-order chi connectivity index (χ1) is 8.20. The number of hydrogen-bond donors (Lipinski definition) is 2. The van der Waals surface area contributed by atoms with Crippen LogP contribution in [0.25, 0.3) is 10.9 Å². The van der Waals surface area contributed by atoms with Gasteiger partial charge in [-0.1, -0.05) is 11.8 Å². The number of aryl methyl sites for hydroxylation is 1. The van der Waals surface area contributed by atoms with Crippen LogP contribution in [-0.2, 0) is 0 Å². The van der Waals surface area contributed by atoms with Gasteiger partial charge in [-0.15, -0.1) is 0 Å². The van der Waals surface area contributed by atoms with Crippen molar-refractivity contribution in [1.82, 2.24) is 9.97 Å². The number of H-pyrrole nitrogens is 1. The van der Waals surface area contributed by atoms with Crippen LogP contribution in [0.2, 0.25) is 0 Å². The summed E-state index contributed by atoms with van der Waals surface area (Å²) < 4.78 is 0. The molecule has 1 aromatic heterocycles. The monoisotopic (exact) mass is 227 g/mol. The number of aromatic nitrogens is 2. The zero-order valence-corrected chi connectivity index (χ0v) is 9.58. The summed E-state index contributed by atoms with van der Waals surface area (Å²) >= 11 is 0. The lowest BCUT2D eigenvalue weighted by atomic mass is 10.1. The number of rotatable bonds is 1. The van der Waals surface area contributed by atoms with E-state index in [0.29, 0.717) is 29.7 Å². The molecule has 0 bridgehead atoms. The zero-order chi connectivity index (χ0) is 12.3. The van der Waals surface area contributed by atoms with E-state index < -0.39 is 0 Å². The van der Waals surface area contributed by atoms with E-state index in [2.05, 4.69) is 21.8 Å². The fourth-order valence-electron chi connectivity index (χ4n) is 1.57. The Balaban J connectivity index is 2.52. The molecule has 0 fully saturated rings. The molecule has 0 saturated heterocycles. The molecule has 1 heterocycles. The Morgan fingerprint density at radius 2 is 2.29 bits per heavy atom. The Labute approximate surface area is 98.9 Å². The Morgan fingerprint density at radius 3 is 3.06 bits per heavy atom. The van der Waals surface area contributed by atoms with Gasteiger partial charge >= 0.3 is 0 Å². The Bertz CT molecular complexity index is 662. The number of nitrogens with one attached hydrogen (secondary N) is 1. The molecule has 0 aliphatic carbocycles. The topological polar surface area (TPSA) is 71.8 Å². The smallest absolute Gasteiger partial charge is 0.258 e. The molecule has 0 unspecified atom stereocenters. The maximum absolute atomic E-state index is 11.7. The molecule has 17 heavy (non-hydrogen) atoms. The summed E-state index contributed by atoms with van der Waals surface area (Å²) in [6.07, 6.45) is 0.653. The molecule has 0 aliphatic rings. The number of benzene rings is 1. The molecule has 0 atom stereocenters. The van der Waals surface area contributed by atoms with Crippen molar-refractivity contribution in [2.24, 2.45) is 5.73 Å². The van der Waals surface area contributed by atoms with Gasteiger partial charge in [0.25, 0.3) is 5.56 Å². The van der Waals surface area contributed by atoms with Crippen molar-refractivity contribution in [3.05, 3.63) is 39.9 Å². The number of hydrogen-bond acceptors (Lipinski definition) is 3. The predicted octanol–water partition coefficient (Wildman–Crippen LogP) is 0.932. The van der Waals surface area contributed by atoms with Crippen molar-refractivity contribution < 1.29 is 0 Å². The largest absolute Gasteiger partial charge is 0.330 e. The first-order valence-corrected chi connectivity index (χ1v) is 5.40. The van der Waals surface area contributed by atoms with Crippen LogP contribution in [0.1, 0.15) is 17.8 Å². The van der Waals surface area contributed by atoms with Gasteiger partial charge in [-0.25, -0.2) is 4.98 Å². The van der Waals surface area contributed by atoms with Crippen LogP contribution in [0.5, 0.6) is 0 Å². The van der Waals surface area contributed by atoms with Crippen LogP contribution >= 0.6 is 0 Å². The fourth-order valence-corrected chi connectivity index (χ4v) is 1.57. The van der Waals surface area contributed by atoms with Crippen LogP contribution in [0.4, 0.5) is 0 Å². The first-order valence-electron chi connectivity index (χ1n) is 5.40. The Kier molecular flexibility index (Phi) is 3.22. The second-order valence-electron chi connectivity index (χ2n) is 3.72. The summed E-state index contributed by atoms with van der Waals surface area (Å²) in [6, 6.07) is 5.42. The van der Waals surface area contributed by atoms with E-state index >= 15 is 0 Å². The highest BCUT2D eigenvalue weighted by Gasteiger charge is 2.01. The highest BCUT2D eigenvalue weighted by molar-refractivity contribution is 5.79. The molecule has 4 nitrogen and oxygen atoms in total. The van der Waals surface area contributed by atoms with Crippen LogP contribution in [0.3, 0.4) is 0 Å². The third-order valence-corrected chi connectivity index (χ3v) is 2.33. The molecule has 0 spiro atoms. The molecule has 0 saturated carbocycles. The highest BCUT2D eigenvalue weighted by atomic mass is 16.1. The van der Waals surface area contributed by atoms with Crippen molar-refractivity contribution in [2.75, 3.05) is 6.54 Å². The predicted molar refractivity (Wildman–Crippen MR) is 67.7 cm³/mol. The molecule has 3 N–H and O–H groups in total. The van der Waals surface area contributed by atoms with Crippen LogP contribution in [0, 0.1) is 18.8 Å². The van der Waals surface area contributed by atoms with Crippen molar-refractivity contribution in [3.63, 3.8) is 0 Å². The van der Waals surface area contributed by atoms with Crippen molar-refractivity contribution >= 4 is 10.9 Å². The number of nitrogens with zero attached hydrogens (tertiary/aromatic N) is 1. The minimum atomic E-state index is -0.130. The molecule has 2 rings (SSSR count). The van der Waals surface area contributed by atoms with Crippen LogP contribution in [-0.4, -0.2) is 16.5 Å². The minimum absolute atomic E-state index is 0.130. The average Bonchev–Trinajstić information content (AvgIpc) is 2.30. The van der Waals surface area contributed by atoms with Crippen molar-refractivity contribution in [2.45, 2.75) is 13.3 Å². The van der Waals surface area contributed by atoms with Gasteiger partial charge in [-0.05, 0) is 25.1 Å². The molecule has 1 aromatic carbocycles. The quantitative estimate of drug-likeness (QED) is 0.712. The van der Waals surface area contributed by atoms with Crippen molar-refractivity contribution in [3.8, 4) is 11.8 Å². The molecule has 0 radical (unpaired) electrons. The second-order valence-corrected chi connectivity index (χ2v) is 3.72. The van der Waals surface area contributed by atoms with E-state index in [0.717, 1.165) is 5.56 Å². The number of fused-ring (bicyclic) bond motifs is 1. The van der Waals surface area contributed by atoms with Gasteiger partial charge in [0.2, 0.25) is 0 Å². The van der Waals surface area contributed by atoms with E-state index in [9.17, 15) is 4.79 Å². The fraction of sp³-hybridized carbons (Fsp3) is 0.231.